The molecule has 0 fully saturated rings. The number of rotatable bonds is 1. The highest BCUT2D eigenvalue weighted by molar-refractivity contribution is 5.93. The van der Waals surface area contributed by atoms with Crippen molar-refractivity contribution in [2.24, 2.45) is 0 Å². The lowest BCUT2D eigenvalue weighted by atomic mass is 9.73. The highest BCUT2D eigenvalue weighted by Crippen LogP contribution is 2.42. The molecule has 0 unspecified atom stereocenters. The number of carboxylic acid groups (broad SMARTS) is 1. The predicted molar refractivity (Wildman–Crippen MR) is 77.2 cm³/mol. The summed E-state index contributed by atoms with van der Waals surface area (Å²) in [4.78, 5) is 11.3. The van der Waals surface area contributed by atoms with E-state index in [0.717, 1.165) is 11.1 Å². The van der Waals surface area contributed by atoms with Crippen LogP contribution >= 0.6 is 0 Å². The summed E-state index contributed by atoms with van der Waals surface area (Å²) in [6.45, 7) is 13.9. The zero-order chi connectivity index (χ0) is 15.2. The summed E-state index contributed by atoms with van der Waals surface area (Å²) in [5, 5.41) is 19.7. The van der Waals surface area contributed by atoms with Gasteiger partial charge in [-0.25, -0.2) is 4.79 Å². The maximum Gasteiger partial charge on any atom is 0.339 e. The van der Waals surface area contributed by atoms with Crippen LogP contribution in [0.1, 0.15) is 68.6 Å². The maximum atomic E-state index is 11.3. The Morgan fingerprint density at radius 3 is 1.84 bits per heavy atom. The standard InChI is InChI=1S/C16H24O3/c1-9-8-10(15(2,3)4)12(16(5,6)7)13(17)11(9)14(18)19/h8,17H,1-7H3,(H,18,19). The Labute approximate surface area is 115 Å². The lowest BCUT2D eigenvalue weighted by Gasteiger charge is -2.32. The van der Waals surface area contributed by atoms with Crippen molar-refractivity contribution < 1.29 is 15.0 Å². The molecule has 3 heteroatoms. The third-order valence-electron chi connectivity index (χ3n) is 3.27. The molecular weight excluding hydrogens is 240 g/mol. The van der Waals surface area contributed by atoms with Gasteiger partial charge in [0.2, 0.25) is 0 Å². The van der Waals surface area contributed by atoms with Crippen LogP contribution in [0.2, 0.25) is 0 Å². The fourth-order valence-corrected chi connectivity index (χ4v) is 2.42. The number of hydrogen-bond acceptors (Lipinski definition) is 2. The van der Waals surface area contributed by atoms with Gasteiger partial charge in [-0.1, -0.05) is 47.6 Å². The number of hydrogen-bond donors (Lipinski definition) is 2. The molecular formula is C16H24O3. The first-order valence-electron chi connectivity index (χ1n) is 6.48. The zero-order valence-corrected chi connectivity index (χ0v) is 12.9. The Hall–Kier alpha value is -1.51. The molecule has 3 nitrogen and oxygen atoms in total. The topological polar surface area (TPSA) is 57.5 Å². The van der Waals surface area contributed by atoms with Gasteiger partial charge >= 0.3 is 5.97 Å². The van der Waals surface area contributed by atoms with Gasteiger partial charge in [-0.3, -0.25) is 0 Å². The summed E-state index contributed by atoms with van der Waals surface area (Å²) in [6, 6.07) is 1.89. The van der Waals surface area contributed by atoms with E-state index >= 15 is 0 Å². The lowest BCUT2D eigenvalue weighted by Crippen LogP contribution is -2.23. The van der Waals surface area contributed by atoms with Crippen LogP contribution in [0, 0.1) is 6.92 Å². The maximum absolute atomic E-state index is 11.3. The normalized spacial score (nSPS) is 12.6. The number of benzene rings is 1. The van der Waals surface area contributed by atoms with E-state index in [1.165, 1.54) is 0 Å². The van der Waals surface area contributed by atoms with Gasteiger partial charge in [-0.05, 0) is 28.9 Å². The quantitative estimate of drug-likeness (QED) is 0.806. The predicted octanol–water partition coefficient (Wildman–Crippen LogP) is 3.99. The monoisotopic (exact) mass is 264 g/mol. The minimum atomic E-state index is -1.08. The van der Waals surface area contributed by atoms with Gasteiger partial charge in [0.05, 0.1) is 0 Å². The number of phenols is 1. The molecule has 0 aliphatic carbocycles. The summed E-state index contributed by atoms with van der Waals surface area (Å²) in [5.41, 5.74) is 1.87. The number of carboxylic acids is 1. The first-order chi connectivity index (χ1) is 8.37. The van der Waals surface area contributed by atoms with E-state index in [2.05, 4.69) is 20.8 Å². The Morgan fingerprint density at radius 2 is 1.53 bits per heavy atom. The summed E-state index contributed by atoms with van der Waals surface area (Å²) in [7, 11) is 0. The minimum absolute atomic E-state index is 0.0120. The van der Waals surface area contributed by atoms with Crippen molar-refractivity contribution in [3.8, 4) is 5.75 Å². The van der Waals surface area contributed by atoms with Crippen molar-refractivity contribution in [2.45, 2.75) is 59.3 Å². The second-order valence-corrected chi connectivity index (χ2v) is 7.14. The zero-order valence-electron chi connectivity index (χ0n) is 12.9. The fourth-order valence-electron chi connectivity index (χ4n) is 2.42. The molecule has 2 N–H and O–H groups in total. The van der Waals surface area contributed by atoms with Gasteiger partial charge in [0.1, 0.15) is 11.3 Å². The van der Waals surface area contributed by atoms with E-state index in [0.29, 0.717) is 5.56 Å². The Balaban J connectivity index is 3.84. The molecule has 106 valence electrons. The molecule has 0 amide bonds. The van der Waals surface area contributed by atoms with Crippen molar-refractivity contribution in [1.29, 1.82) is 0 Å². The molecule has 0 aliphatic heterocycles. The largest absolute Gasteiger partial charge is 0.507 e. The first kappa shape index (κ1) is 15.5. The smallest absolute Gasteiger partial charge is 0.339 e. The molecule has 0 saturated carbocycles. The number of aromatic carboxylic acids is 1. The lowest BCUT2D eigenvalue weighted by molar-refractivity contribution is 0.0692. The molecule has 1 aromatic rings. The van der Waals surface area contributed by atoms with Crippen molar-refractivity contribution in [1.82, 2.24) is 0 Å². The van der Waals surface area contributed by atoms with Gasteiger partial charge in [-0.15, -0.1) is 0 Å². The molecule has 0 heterocycles. The van der Waals surface area contributed by atoms with Crippen LogP contribution in [-0.2, 0) is 10.8 Å². The third-order valence-corrected chi connectivity index (χ3v) is 3.27. The van der Waals surface area contributed by atoms with Crippen LogP contribution in [0.5, 0.6) is 5.75 Å². The third kappa shape index (κ3) is 2.91. The van der Waals surface area contributed by atoms with E-state index < -0.39 is 5.97 Å². The molecule has 0 spiro atoms. The van der Waals surface area contributed by atoms with Gasteiger partial charge in [0, 0.05) is 5.56 Å². The van der Waals surface area contributed by atoms with Crippen molar-refractivity contribution in [3.63, 3.8) is 0 Å². The summed E-state index contributed by atoms with van der Waals surface area (Å²) < 4.78 is 0. The van der Waals surface area contributed by atoms with E-state index in [1.807, 2.05) is 26.8 Å². The van der Waals surface area contributed by atoms with Crippen molar-refractivity contribution in [3.05, 3.63) is 28.3 Å². The van der Waals surface area contributed by atoms with E-state index in [1.54, 1.807) is 6.92 Å². The van der Waals surface area contributed by atoms with Crippen LogP contribution in [-0.4, -0.2) is 16.2 Å². The van der Waals surface area contributed by atoms with Crippen LogP contribution < -0.4 is 0 Å². The van der Waals surface area contributed by atoms with E-state index in [4.69, 9.17) is 0 Å². The highest BCUT2D eigenvalue weighted by atomic mass is 16.4. The summed E-state index contributed by atoms with van der Waals surface area (Å²) in [6.07, 6.45) is 0. The molecule has 1 aromatic carbocycles. The Kier molecular flexibility index (Phi) is 3.72. The van der Waals surface area contributed by atoms with Gasteiger partial charge < -0.3 is 10.2 Å². The first-order valence-corrected chi connectivity index (χ1v) is 6.48. The number of aryl methyl sites for hydroxylation is 1. The van der Waals surface area contributed by atoms with Crippen molar-refractivity contribution in [2.75, 3.05) is 0 Å². The SMILES string of the molecule is Cc1cc(C(C)(C)C)c(C(C)(C)C)c(O)c1C(=O)O. The molecule has 0 aliphatic rings. The fraction of sp³-hybridized carbons (Fsp3) is 0.562. The van der Waals surface area contributed by atoms with E-state index in [-0.39, 0.29) is 22.1 Å². The van der Waals surface area contributed by atoms with Gasteiger partial charge in [0.15, 0.2) is 0 Å². The highest BCUT2D eigenvalue weighted by Gasteiger charge is 2.31. The summed E-state index contributed by atoms with van der Waals surface area (Å²) in [5.74, 6) is -1.18. The summed E-state index contributed by atoms with van der Waals surface area (Å²) >= 11 is 0. The minimum Gasteiger partial charge on any atom is -0.507 e. The molecule has 0 radical (unpaired) electrons. The molecule has 1 rings (SSSR count). The molecule has 0 bridgehead atoms. The van der Waals surface area contributed by atoms with Crippen LogP contribution in [0.25, 0.3) is 0 Å². The molecule has 19 heavy (non-hydrogen) atoms. The Bertz CT molecular complexity index is 514. The second-order valence-electron chi connectivity index (χ2n) is 7.14. The van der Waals surface area contributed by atoms with Gasteiger partial charge in [0.25, 0.3) is 0 Å². The number of aromatic hydroxyl groups is 1. The number of carbonyl (C=O) groups is 1. The Morgan fingerprint density at radius 1 is 1.05 bits per heavy atom. The van der Waals surface area contributed by atoms with E-state index in [9.17, 15) is 15.0 Å². The van der Waals surface area contributed by atoms with Crippen molar-refractivity contribution >= 4 is 5.97 Å². The average molecular weight is 264 g/mol. The van der Waals surface area contributed by atoms with Crippen LogP contribution in [0.15, 0.2) is 6.07 Å². The second kappa shape index (κ2) is 4.55. The van der Waals surface area contributed by atoms with Crippen LogP contribution in [0.3, 0.4) is 0 Å². The molecule has 0 saturated heterocycles. The molecule has 0 aromatic heterocycles. The van der Waals surface area contributed by atoms with Crippen LogP contribution in [0.4, 0.5) is 0 Å². The van der Waals surface area contributed by atoms with Gasteiger partial charge in [-0.2, -0.15) is 0 Å². The molecule has 0 atom stereocenters. The average Bonchev–Trinajstić information content (AvgIpc) is 2.11.